The summed E-state index contributed by atoms with van der Waals surface area (Å²) < 4.78 is 30.1. The summed E-state index contributed by atoms with van der Waals surface area (Å²) in [7, 11) is -3.52. The molecule has 1 unspecified atom stereocenters. The Kier molecular flexibility index (Phi) is 6.09. The Balaban J connectivity index is 1.38. The van der Waals surface area contributed by atoms with Crippen molar-refractivity contribution in [2.24, 2.45) is 0 Å². The molecule has 2 aliphatic heterocycles. The molecule has 9 rings (SSSR count). The summed E-state index contributed by atoms with van der Waals surface area (Å²) in [6, 6.07) is 55.0. The second kappa shape index (κ2) is 10.5. The molecule has 0 amide bonds. The van der Waals surface area contributed by atoms with E-state index in [1.165, 1.54) is 0 Å². The van der Waals surface area contributed by atoms with Crippen LogP contribution in [-0.4, -0.2) is 0 Å². The van der Waals surface area contributed by atoms with Crippen molar-refractivity contribution < 1.29 is 14.0 Å². The molecule has 2 aliphatic rings. The molecule has 46 heavy (non-hydrogen) atoms. The molecule has 1 atom stereocenters. The molecule has 0 fully saturated rings. The van der Waals surface area contributed by atoms with Crippen LogP contribution in [0.2, 0.25) is 0 Å². The molecule has 0 aliphatic carbocycles. The number of fused-ring (bicyclic) bond motifs is 4. The van der Waals surface area contributed by atoms with Crippen molar-refractivity contribution in [1.82, 2.24) is 0 Å². The van der Waals surface area contributed by atoms with E-state index in [1.807, 2.05) is 97.1 Å². The zero-order chi connectivity index (χ0) is 30.7. The fourth-order valence-electron chi connectivity index (χ4n) is 6.71. The zero-order valence-corrected chi connectivity index (χ0v) is 25.7. The van der Waals surface area contributed by atoms with Crippen molar-refractivity contribution in [2.45, 2.75) is 0 Å². The topological polar surface area (TPSA) is 35.5 Å². The van der Waals surface area contributed by atoms with Crippen molar-refractivity contribution in [3.05, 3.63) is 164 Å². The van der Waals surface area contributed by atoms with E-state index in [2.05, 4.69) is 66.7 Å². The smallest absolute Gasteiger partial charge is 0.185 e. The molecule has 218 valence electrons. The summed E-state index contributed by atoms with van der Waals surface area (Å²) in [5.41, 5.74) is 7.83. The highest BCUT2D eigenvalue weighted by atomic mass is 31.2. The first-order chi connectivity index (χ1) is 22.7. The molecule has 2 heterocycles. The van der Waals surface area contributed by atoms with E-state index in [0.29, 0.717) is 38.9 Å². The van der Waals surface area contributed by atoms with Gasteiger partial charge in [-0.3, -0.25) is 0 Å². The molecule has 7 aromatic rings. The minimum atomic E-state index is -3.52. The van der Waals surface area contributed by atoms with Gasteiger partial charge >= 0.3 is 0 Å². The van der Waals surface area contributed by atoms with Crippen LogP contribution in [0, 0.1) is 0 Å². The molecule has 0 saturated carbocycles. The third-order valence-electron chi connectivity index (χ3n) is 8.93. The van der Waals surface area contributed by atoms with E-state index < -0.39 is 7.14 Å². The summed E-state index contributed by atoms with van der Waals surface area (Å²) >= 11 is 0. The molecular weight excluding hydrogens is 583 g/mol. The Morgan fingerprint density at radius 3 is 1.37 bits per heavy atom. The van der Waals surface area contributed by atoms with Crippen molar-refractivity contribution in [2.75, 3.05) is 0 Å². The lowest BCUT2D eigenvalue weighted by molar-refractivity contribution is 0.464. The lowest BCUT2D eigenvalue weighted by Gasteiger charge is -2.37. The van der Waals surface area contributed by atoms with Crippen LogP contribution in [0.25, 0.3) is 44.5 Å². The average Bonchev–Trinajstić information content (AvgIpc) is 3.13. The molecule has 0 saturated heterocycles. The van der Waals surface area contributed by atoms with Gasteiger partial charge in [0, 0.05) is 11.1 Å². The van der Waals surface area contributed by atoms with Gasteiger partial charge < -0.3 is 14.0 Å². The summed E-state index contributed by atoms with van der Waals surface area (Å²) in [5, 5.41) is 1.98. The van der Waals surface area contributed by atoms with Crippen LogP contribution in [0.15, 0.2) is 164 Å². The highest BCUT2D eigenvalue weighted by Gasteiger charge is 2.48. The quantitative estimate of drug-likeness (QED) is 0.186. The molecule has 3 nitrogen and oxygen atoms in total. The highest BCUT2D eigenvalue weighted by Crippen LogP contribution is 2.62. The first-order valence-electron chi connectivity index (χ1n) is 15.4. The van der Waals surface area contributed by atoms with Crippen molar-refractivity contribution in [3.63, 3.8) is 0 Å². The third-order valence-corrected chi connectivity index (χ3v) is 12.0. The van der Waals surface area contributed by atoms with Gasteiger partial charge in [-0.1, -0.05) is 133 Å². The molecule has 7 aromatic carbocycles. The molecule has 0 spiro atoms. The largest absolute Gasteiger partial charge is 0.455 e. The number of benzene rings is 7. The van der Waals surface area contributed by atoms with E-state index in [9.17, 15) is 0 Å². The van der Waals surface area contributed by atoms with E-state index in [0.717, 1.165) is 44.5 Å². The Bertz CT molecular complexity index is 2320. The van der Waals surface area contributed by atoms with E-state index in [4.69, 9.17) is 9.47 Å². The monoisotopic (exact) mass is 610 g/mol. The third kappa shape index (κ3) is 4.10. The fraction of sp³-hybridized carbons (Fsp3) is 0. The van der Waals surface area contributed by atoms with Crippen LogP contribution in [0.4, 0.5) is 0 Å². The summed E-state index contributed by atoms with van der Waals surface area (Å²) in [6.45, 7) is 0. The highest BCUT2D eigenvalue weighted by molar-refractivity contribution is 7.86. The predicted molar refractivity (Wildman–Crippen MR) is 188 cm³/mol. The van der Waals surface area contributed by atoms with Gasteiger partial charge in [0.25, 0.3) is 0 Å². The van der Waals surface area contributed by atoms with Gasteiger partial charge in [-0.15, -0.1) is 0 Å². The maximum atomic E-state index is 16.4. The van der Waals surface area contributed by atoms with Crippen LogP contribution in [0.1, 0.15) is 0 Å². The van der Waals surface area contributed by atoms with Crippen LogP contribution < -0.4 is 25.4 Å². The Hall–Kier alpha value is -5.63. The SMILES string of the molecule is O=P12c3ccc(-c4ccccc4)cc3Oc3c(-c4ccccc4)cc(-c4ccccc4)c(c31)Oc1ccc(-c3ccccc3)cc12. The molecule has 0 bridgehead atoms. The molecule has 0 radical (unpaired) electrons. The van der Waals surface area contributed by atoms with Gasteiger partial charge in [-0.25, -0.2) is 0 Å². The van der Waals surface area contributed by atoms with Gasteiger partial charge in [-0.05, 0) is 63.7 Å². The first-order valence-corrected chi connectivity index (χ1v) is 17.1. The van der Waals surface area contributed by atoms with Crippen LogP contribution in [-0.2, 0) is 4.57 Å². The van der Waals surface area contributed by atoms with Gasteiger partial charge in [-0.2, -0.15) is 0 Å². The van der Waals surface area contributed by atoms with E-state index >= 15 is 4.57 Å². The summed E-state index contributed by atoms with van der Waals surface area (Å²) in [5.74, 6) is 2.37. The fourth-order valence-corrected chi connectivity index (χ4v) is 9.81. The van der Waals surface area contributed by atoms with E-state index in [1.54, 1.807) is 0 Å². The normalized spacial score (nSPS) is 15.5. The van der Waals surface area contributed by atoms with Crippen LogP contribution in [0.5, 0.6) is 23.0 Å². The average molecular weight is 611 g/mol. The van der Waals surface area contributed by atoms with Gasteiger partial charge in [0.05, 0.1) is 10.6 Å². The maximum absolute atomic E-state index is 16.4. The molecular formula is C42H27O3P. The van der Waals surface area contributed by atoms with Crippen molar-refractivity contribution in [1.29, 1.82) is 0 Å². The molecule has 0 aromatic heterocycles. The minimum Gasteiger partial charge on any atom is -0.455 e. The maximum Gasteiger partial charge on any atom is 0.185 e. The predicted octanol–water partition coefficient (Wildman–Crippen LogP) is 10.2. The van der Waals surface area contributed by atoms with Gasteiger partial charge in [0.2, 0.25) is 0 Å². The van der Waals surface area contributed by atoms with Crippen molar-refractivity contribution in [3.8, 4) is 67.5 Å². The molecule has 0 N–H and O–H groups in total. The van der Waals surface area contributed by atoms with E-state index in [-0.39, 0.29) is 0 Å². The zero-order valence-electron chi connectivity index (χ0n) is 24.8. The second-order valence-corrected chi connectivity index (χ2v) is 14.3. The first kappa shape index (κ1) is 26.7. The Morgan fingerprint density at radius 2 is 0.826 bits per heavy atom. The number of rotatable bonds is 4. The van der Waals surface area contributed by atoms with Crippen LogP contribution in [0.3, 0.4) is 0 Å². The lowest BCUT2D eigenvalue weighted by atomic mass is 9.96. The summed E-state index contributed by atoms with van der Waals surface area (Å²) in [4.78, 5) is 0. The number of ether oxygens (including phenoxy) is 2. The Labute approximate surface area is 267 Å². The minimum absolute atomic E-state index is 0.581. The van der Waals surface area contributed by atoms with Gasteiger partial charge in [0.15, 0.2) is 7.14 Å². The van der Waals surface area contributed by atoms with Gasteiger partial charge in [0.1, 0.15) is 28.3 Å². The lowest BCUT2D eigenvalue weighted by Crippen LogP contribution is -2.35. The number of hydrogen-bond donors (Lipinski definition) is 0. The standard InChI is InChI=1S/C42H27O3P/c43-46-38-24-22-32(28-13-5-1-6-14-28)25-37(38)45-41-35(31-19-11-4-12-20-31)27-34(30-17-9-3-10-18-30)40(42(41)46)44-36-23-21-33(26-39(36)46)29-15-7-2-8-16-29/h1-27H. The second-order valence-electron chi connectivity index (χ2n) is 11.6. The summed E-state index contributed by atoms with van der Waals surface area (Å²) in [6.07, 6.45) is 0. The number of hydrogen-bond acceptors (Lipinski definition) is 3. The Morgan fingerprint density at radius 1 is 0.370 bits per heavy atom. The van der Waals surface area contributed by atoms with Crippen LogP contribution >= 0.6 is 7.14 Å². The van der Waals surface area contributed by atoms with Crippen molar-refractivity contribution >= 4 is 23.1 Å². The molecule has 4 heteroatoms.